The molecule has 3 N–H and O–H groups in total. The summed E-state index contributed by atoms with van der Waals surface area (Å²) < 4.78 is 0. The van der Waals surface area contributed by atoms with E-state index >= 15 is 0 Å². The largest absolute Gasteiger partial charge is 0.349 e. The molecule has 0 saturated carbocycles. The molecule has 0 aromatic heterocycles. The van der Waals surface area contributed by atoms with Crippen molar-refractivity contribution in [1.29, 1.82) is 0 Å². The van der Waals surface area contributed by atoms with Crippen LogP contribution in [0.15, 0.2) is 54.6 Å². The first-order valence-corrected chi connectivity index (χ1v) is 8.75. The van der Waals surface area contributed by atoms with Crippen LogP contribution in [0.5, 0.6) is 0 Å². The molecule has 0 bridgehead atoms. The highest BCUT2D eigenvalue weighted by Gasteiger charge is 2.36. The Morgan fingerprint density at radius 3 is 2.04 bits per heavy atom. The summed E-state index contributed by atoms with van der Waals surface area (Å²) in [7, 11) is 0. The number of hydrogen-bond donors (Lipinski definition) is 3. The third kappa shape index (κ3) is 5.41. The molecule has 0 fully saturated rings. The predicted octanol–water partition coefficient (Wildman–Crippen LogP) is 3.49. The normalized spacial score (nSPS) is 12.0. The molecule has 0 heterocycles. The van der Waals surface area contributed by atoms with E-state index in [-0.39, 0.29) is 17.9 Å². The van der Waals surface area contributed by atoms with Crippen molar-refractivity contribution in [2.24, 2.45) is 5.41 Å². The van der Waals surface area contributed by atoms with Crippen LogP contribution in [0.4, 0.5) is 11.4 Å². The highest BCUT2D eigenvalue weighted by molar-refractivity contribution is 6.10. The van der Waals surface area contributed by atoms with Gasteiger partial charge in [-0.2, -0.15) is 0 Å². The van der Waals surface area contributed by atoms with Crippen LogP contribution in [0, 0.1) is 5.41 Å². The molecular formula is C21H25N3O3. The summed E-state index contributed by atoms with van der Waals surface area (Å²) in [6.45, 7) is 6.44. The van der Waals surface area contributed by atoms with Gasteiger partial charge in [0.15, 0.2) is 0 Å². The molecule has 2 rings (SSSR count). The zero-order chi connectivity index (χ0) is 20.0. The molecule has 0 spiro atoms. The monoisotopic (exact) mass is 367 g/mol. The maximum Gasteiger partial charge on any atom is 0.239 e. The van der Waals surface area contributed by atoms with E-state index in [0.29, 0.717) is 11.4 Å². The lowest BCUT2D eigenvalue weighted by Gasteiger charge is -2.25. The SMILES string of the molecule is CC(=O)Nc1cccc(NC(=O)C(C)(C)C(=O)NC(C)c2ccccc2)c1. The number of hydrogen-bond acceptors (Lipinski definition) is 3. The molecule has 0 saturated heterocycles. The number of amides is 3. The van der Waals surface area contributed by atoms with Gasteiger partial charge in [-0.15, -0.1) is 0 Å². The van der Waals surface area contributed by atoms with Crippen LogP contribution < -0.4 is 16.0 Å². The molecule has 1 atom stereocenters. The second kappa shape index (κ2) is 8.49. The number of rotatable bonds is 6. The molecule has 142 valence electrons. The Bertz CT molecular complexity index is 832. The average Bonchev–Trinajstić information content (AvgIpc) is 2.62. The minimum absolute atomic E-state index is 0.201. The third-order valence-corrected chi connectivity index (χ3v) is 4.22. The molecule has 1 unspecified atom stereocenters. The summed E-state index contributed by atoms with van der Waals surface area (Å²) >= 11 is 0. The predicted molar refractivity (Wildman–Crippen MR) is 106 cm³/mol. The van der Waals surface area contributed by atoms with Crippen LogP contribution in [0.2, 0.25) is 0 Å². The minimum atomic E-state index is -1.27. The summed E-state index contributed by atoms with van der Waals surface area (Å²) in [5, 5.41) is 8.28. The van der Waals surface area contributed by atoms with E-state index in [1.54, 1.807) is 38.1 Å². The second-order valence-corrected chi connectivity index (χ2v) is 6.95. The van der Waals surface area contributed by atoms with Crippen molar-refractivity contribution in [2.45, 2.75) is 33.7 Å². The number of carbonyl (C=O) groups is 3. The molecule has 3 amide bonds. The maximum atomic E-state index is 12.7. The van der Waals surface area contributed by atoms with Crippen molar-refractivity contribution >= 4 is 29.1 Å². The van der Waals surface area contributed by atoms with Gasteiger partial charge in [0.25, 0.3) is 0 Å². The molecule has 6 nitrogen and oxygen atoms in total. The minimum Gasteiger partial charge on any atom is -0.349 e. The lowest BCUT2D eigenvalue weighted by molar-refractivity contribution is -0.138. The number of carbonyl (C=O) groups excluding carboxylic acids is 3. The number of nitrogens with one attached hydrogen (secondary N) is 3. The lowest BCUT2D eigenvalue weighted by Crippen LogP contribution is -2.45. The maximum absolute atomic E-state index is 12.7. The van der Waals surface area contributed by atoms with Crippen molar-refractivity contribution in [2.75, 3.05) is 10.6 Å². The first-order chi connectivity index (χ1) is 12.7. The van der Waals surface area contributed by atoms with E-state index in [1.165, 1.54) is 6.92 Å². The van der Waals surface area contributed by atoms with Crippen LogP contribution in [-0.4, -0.2) is 17.7 Å². The summed E-state index contributed by atoms with van der Waals surface area (Å²) in [5.41, 5.74) is 0.765. The van der Waals surface area contributed by atoms with Gasteiger partial charge in [0.2, 0.25) is 17.7 Å². The zero-order valence-corrected chi connectivity index (χ0v) is 16.0. The van der Waals surface area contributed by atoms with Gasteiger partial charge in [-0.3, -0.25) is 14.4 Å². The Hall–Kier alpha value is -3.15. The summed E-state index contributed by atoms with van der Waals surface area (Å²) in [6, 6.07) is 16.1. The van der Waals surface area contributed by atoms with Gasteiger partial charge in [-0.05, 0) is 44.5 Å². The summed E-state index contributed by atoms with van der Waals surface area (Å²) in [4.78, 5) is 36.5. The molecular weight excluding hydrogens is 342 g/mol. The molecule has 0 radical (unpaired) electrons. The molecule has 27 heavy (non-hydrogen) atoms. The fraction of sp³-hybridized carbons (Fsp3) is 0.286. The van der Waals surface area contributed by atoms with Gasteiger partial charge < -0.3 is 16.0 Å². The zero-order valence-electron chi connectivity index (χ0n) is 16.0. The first kappa shape index (κ1) is 20.2. The van der Waals surface area contributed by atoms with Crippen LogP contribution in [0.1, 0.15) is 39.3 Å². The second-order valence-electron chi connectivity index (χ2n) is 6.95. The van der Waals surface area contributed by atoms with E-state index in [1.807, 2.05) is 37.3 Å². The molecule has 2 aromatic carbocycles. The third-order valence-electron chi connectivity index (χ3n) is 4.22. The van der Waals surface area contributed by atoms with E-state index in [9.17, 15) is 14.4 Å². The fourth-order valence-corrected chi connectivity index (χ4v) is 2.47. The van der Waals surface area contributed by atoms with Crippen molar-refractivity contribution in [3.63, 3.8) is 0 Å². The van der Waals surface area contributed by atoms with Crippen LogP contribution in [0.25, 0.3) is 0 Å². The Morgan fingerprint density at radius 2 is 1.44 bits per heavy atom. The van der Waals surface area contributed by atoms with Gasteiger partial charge in [0, 0.05) is 18.3 Å². The van der Waals surface area contributed by atoms with E-state index < -0.39 is 11.3 Å². The number of anilines is 2. The highest BCUT2D eigenvalue weighted by atomic mass is 16.2. The molecule has 0 aliphatic heterocycles. The van der Waals surface area contributed by atoms with Gasteiger partial charge in [-0.1, -0.05) is 36.4 Å². The topological polar surface area (TPSA) is 87.3 Å². The van der Waals surface area contributed by atoms with Gasteiger partial charge in [0.05, 0.1) is 6.04 Å². The van der Waals surface area contributed by atoms with Gasteiger partial charge >= 0.3 is 0 Å². The number of benzene rings is 2. The van der Waals surface area contributed by atoms with E-state index in [2.05, 4.69) is 16.0 Å². The first-order valence-electron chi connectivity index (χ1n) is 8.75. The van der Waals surface area contributed by atoms with Crippen molar-refractivity contribution in [3.05, 3.63) is 60.2 Å². The van der Waals surface area contributed by atoms with Crippen LogP contribution in [0.3, 0.4) is 0 Å². The smallest absolute Gasteiger partial charge is 0.239 e. The Balaban J connectivity index is 2.05. The van der Waals surface area contributed by atoms with Crippen LogP contribution in [-0.2, 0) is 14.4 Å². The van der Waals surface area contributed by atoms with E-state index in [0.717, 1.165) is 5.56 Å². The molecule has 6 heteroatoms. The molecule has 2 aromatic rings. The van der Waals surface area contributed by atoms with Gasteiger partial charge in [-0.25, -0.2) is 0 Å². The summed E-state index contributed by atoms with van der Waals surface area (Å²) in [5.74, 6) is -0.998. The molecule has 0 aliphatic carbocycles. The van der Waals surface area contributed by atoms with E-state index in [4.69, 9.17) is 0 Å². The lowest BCUT2D eigenvalue weighted by atomic mass is 9.90. The standard InChI is InChI=1S/C21H25N3O3/c1-14(16-9-6-5-7-10-16)22-19(26)21(3,4)20(27)24-18-12-8-11-17(13-18)23-15(2)25/h5-14H,1-4H3,(H,22,26)(H,23,25)(H,24,27). The van der Waals surface area contributed by atoms with Gasteiger partial charge in [0.1, 0.15) is 5.41 Å². The Kier molecular flexibility index (Phi) is 6.34. The van der Waals surface area contributed by atoms with Crippen molar-refractivity contribution in [1.82, 2.24) is 5.32 Å². The molecule has 0 aliphatic rings. The highest BCUT2D eigenvalue weighted by Crippen LogP contribution is 2.23. The fourth-order valence-electron chi connectivity index (χ4n) is 2.47. The van der Waals surface area contributed by atoms with Crippen LogP contribution >= 0.6 is 0 Å². The van der Waals surface area contributed by atoms with Crippen molar-refractivity contribution < 1.29 is 14.4 Å². The van der Waals surface area contributed by atoms with Crippen molar-refractivity contribution in [3.8, 4) is 0 Å². The summed E-state index contributed by atoms with van der Waals surface area (Å²) in [6.07, 6.45) is 0. The quantitative estimate of drug-likeness (QED) is 0.683. The average molecular weight is 367 g/mol. The Labute approximate surface area is 159 Å². The Morgan fingerprint density at radius 1 is 0.852 bits per heavy atom.